The third kappa shape index (κ3) is 8.03. The molecule has 9 nitrogen and oxygen atoms in total. The van der Waals surface area contributed by atoms with E-state index in [-0.39, 0.29) is 55.9 Å². The summed E-state index contributed by atoms with van der Waals surface area (Å²) in [5.74, 6) is -0.454. The highest BCUT2D eigenvalue weighted by atomic mass is 16.6. The van der Waals surface area contributed by atoms with Crippen molar-refractivity contribution >= 4 is 18.0 Å². The smallest absolute Gasteiger partial charge is 0.410 e. The van der Waals surface area contributed by atoms with Gasteiger partial charge < -0.3 is 24.4 Å². The van der Waals surface area contributed by atoms with Crippen molar-refractivity contribution in [2.45, 2.75) is 64.4 Å². The summed E-state index contributed by atoms with van der Waals surface area (Å²) >= 11 is 0. The molecule has 0 saturated carbocycles. The lowest BCUT2D eigenvalue weighted by molar-refractivity contribution is -0.143. The van der Waals surface area contributed by atoms with E-state index in [9.17, 15) is 14.4 Å². The zero-order valence-corrected chi connectivity index (χ0v) is 22.8. The Morgan fingerprint density at radius 3 is 2.54 bits per heavy atom. The Kier molecular flexibility index (Phi) is 10.3. The van der Waals surface area contributed by atoms with Crippen molar-refractivity contribution in [3.8, 4) is 0 Å². The van der Waals surface area contributed by atoms with E-state index in [2.05, 4.69) is 16.3 Å². The Morgan fingerprint density at radius 1 is 1.00 bits per heavy atom. The Bertz CT molecular complexity index is 1110. The third-order valence-corrected chi connectivity index (χ3v) is 7.31. The minimum atomic E-state index is -0.333. The number of hydrogen-bond donors (Lipinski definition) is 1. The number of carbonyl (C=O) groups is 3. The second-order valence-corrected chi connectivity index (χ2v) is 10.0. The van der Waals surface area contributed by atoms with Crippen LogP contribution < -0.4 is 5.32 Å². The van der Waals surface area contributed by atoms with Gasteiger partial charge in [0.1, 0.15) is 19.4 Å². The van der Waals surface area contributed by atoms with E-state index in [0.717, 1.165) is 24.1 Å². The van der Waals surface area contributed by atoms with Crippen LogP contribution >= 0.6 is 0 Å². The Labute approximate surface area is 230 Å². The zero-order chi connectivity index (χ0) is 27.6. The molecule has 0 bridgehead atoms. The lowest BCUT2D eigenvalue weighted by Crippen LogP contribution is -2.48. The lowest BCUT2D eigenvalue weighted by atomic mass is 9.96. The highest BCUT2D eigenvalue weighted by molar-refractivity contribution is 5.78. The molecule has 2 heterocycles. The van der Waals surface area contributed by atoms with Crippen LogP contribution in [0, 0.1) is 0 Å². The highest BCUT2D eigenvalue weighted by Crippen LogP contribution is 2.28. The molecule has 0 spiro atoms. The number of rotatable bonds is 10. The molecule has 4 rings (SSSR count). The number of nitrogens with zero attached hydrogens (tertiary/aromatic N) is 2. The van der Waals surface area contributed by atoms with Crippen LogP contribution in [-0.4, -0.2) is 72.8 Å². The minimum Gasteiger partial charge on any atom is -0.466 e. The molecule has 3 atom stereocenters. The number of benzene rings is 2. The molecule has 9 heteroatoms. The van der Waals surface area contributed by atoms with Gasteiger partial charge in [0.25, 0.3) is 0 Å². The van der Waals surface area contributed by atoms with Gasteiger partial charge in [-0.2, -0.15) is 0 Å². The predicted octanol–water partition coefficient (Wildman–Crippen LogP) is 3.82. The largest absolute Gasteiger partial charge is 0.466 e. The molecule has 3 unspecified atom stereocenters. The number of hydrogen-bond acceptors (Lipinski definition) is 7. The summed E-state index contributed by atoms with van der Waals surface area (Å²) in [6, 6.07) is 17.6. The predicted molar refractivity (Wildman–Crippen MR) is 146 cm³/mol. The molecule has 2 aromatic carbocycles. The topological polar surface area (TPSA) is 97.4 Å². The summed E-state index contributed by atoms with van der Waals surface area (Å²) in [5, 5.41) is 3.12. The number of esters is 1. The second kappa shape index (κ2) is 14.1. The Hall–Kier alpha value is -3.43. The Balaban J connectivity index is 1.26. The number of nitrogens with one attached hydrogen (secondary N) is 1. The monoisotopic (exact) mass is 537 g/mol. The number of ether oxygens (including phenoxy) is 3. The molecule has 2 amide bonds. The van der Waals surface area contributed by atoms with Gasteiger partial charge in [-0.1, -0.05) is 54.6 Å². The van der Waals surface area contributed by atoms with E-state index in [1.165, 1.54) is 5.56 Å². The molecule has 2 aromatic rings. The molecule has 1 fully saturated rings. The SMILES string of the molecule is CCOC(=O)CCN1CCc2ccccc2C1NC(=O)COC1CCN(C(=O)OCc2ccccc2)C(C)C1. The van der Waals surface area contributed by atoms with Gasteiger partial charge in [0, 0.05) is 25.7 Å². The summed E-state index contributed by atoms with van der Waals surface area (Å²) in [4.78, 5) is 41.4. The van der Waals surface area contributed by atoms with Gasteiger partial charge in [0.15, 0.2) is 0 Å². The fourth-order valence-electron chi connectivity index (χ4n) is 5.24. The van der Waals surface area contributed by atoms with Gasteiger partial charge in [-0.25, -0.2) is 4.79 Å². The van der Waals surface area contributed by atoms with Crippen LogP contribution in [0.15, 0.2) is 54.6 Å². The molecule has 210 valence electrons. The summed E-state index contributed by atoms with van der Waals surface area (Å²) in [6.45, 7) is 6.03. The van der Waals surface area contributed by atoms with E-state index < -0.39 is 0 Å². The summed E-state index contributed by atoms with van der Waals surface area (Å²) in [6.07, 6.45) is 1.60. The quantitative estimate of drug-likeness (QED) is 0.460. The van der Waals surface area contributed by atoms with Crippen LogP contribution in [0.5, 0.6) is 0 Å². The summed E-state index contributed by atoms with van der Waals surface area (Å²) in [7, 11) is 0. The van der Waals surface area contributed by atoms with Crippen molar-refractivity contribution in [3.63, 3.8) is 0 Å². The van der Waals surface area contributed by atoms with Gasteiger partial charge in [0.05, 0.1) is 19.1 Å². The molecule has 39 heavy (non-hydrogen) atoms. The summed E-state index contributed by atoms with van der Waals surface area (Å²) < 4.78 is 16.6. The van der Waals surface area contributed by atoms with Crippen molar-refractivity contribution in [2.24, 2.45) is 0 Å². The van der Waals surface area contributed by atoms with Crippen LogP contribution in [0.2, 0.25) is 0 Å². The maximum atomic E-state index is 13.0. The first-order valence-corrected chi connectivity index (χ1v) is 13.8. The lowest BCUT2D eigenvalue weighted by Gasteiger charge is -2.38. The van der Waals surface area contributed by atoms with Crippen molar-refractivity contribution in [2.75, 3.05) is 32.8 Å². The molecule has 0 aliphatic carbocycles. The number of carbonyl (C=O) groups excluding carboxylic acids is 3. The highest BCUT2D eigenvalue weighted by Gasteiger charge is 2.32. The molecule has 1 N–H and O–H groups in total. The van der Waals surface area contributed by atoms with Crippen LogP contribution in [0.4, 0.5) is 4.79 Å². The molecular weight excluding hydrogens is 498 g/mol. The van der Waals surface area contributed by atoms with E-state index in [4.69, 9.17) is 14.2 Å². The molecule has 2 aliphatic heterocycles. The standard InChI is InChI=1S/C30H39N3O6/c1-3-37-28(35)15-17-32-16-13-24-11-7-8-12-26(24)29(32)31-27(34)21-38-25-14-18-33(22(2)19-25)30(36)39-20-23-9-5-4-6-10-23/h4-12,22,25,29H,3,13-21H2,1-2H3,(H,31,34). The normalized spacial score (nSPS) is 21.1. The van der Waals surface area contributed by atoms with E-state index in [0.29, 0.717) is 32.5 Å². The first-order valence-electron chi connectivity index (χ1n) is 13.8. The average Bonchev–Trinajstić information content (AvgIpc) is 2.95. The maximum Gasteiger partial charge on any atom is 0.410 e. The van der Waals surface area contributed by atoms with Gasteiger partial charge >= 0.3 is 12.1 Å². The fraction of sp³-hybridized carbons (Fsp3) is 0.500. The van der Waals surface area contributed by atoms with E-state index in [1.54, 1.807) is 11.8 Å². The first-order chi connectivity index (χ1) is 18.9. The van der Waals surface area contributed by atoms with Crippen molar-refractivity contribution < 1.29 is 28.6 Å². The number of piperidine rings is 1. The zero-order valence-electron chi connectivity index (χ0n) is 22.8. The minimum absolute atomic E-state index is 0.0568. The third-order valence-electron chi connectivity index (χ3n) is 7.31. The van der Waals surface area contributed by atoms with E-state index in [1.807, 2.05) is 55.5 Å². The van der Waals surface area contributed by atoms with E-state index >= 15 is 0 Å². The molecule has 1 saturated heterocycles. The van der Waals surface area contributed by atoms with Crippen LogP contribution in [-0.2, 0) is 36.8 Å². The molecule has 0 aromatic heterocycles. The van der Waals surface area contributed by atoms with Gasteiger partial charge in [-0.05, 0) is 49.8 Å². The van der Waals surface area contributed by atoms with Crippen LogP contribution in [0.1, 0.15) is 56.0 Å². The first kappa shape index (κ1) is 28.6. The summed E-state index contributed by atoms with van der Waals surface area (Å²) in [5.41, 5.74) is 3.18. The van der Waals surface area contributed by atoms with Gasteiger partial charge in [-0.3, -0.25) is 14.5 Å². The van der Waals surface area contributed by atoms with Crippen molar-refractivity contribution in [3.05, 3.63) is 71.3 Å². The average molecular weight is 538 g/mol. The molecule has 2 aliphatic rings. The second-order valence-electron chi connectivity index (χ2n) is 10.0. The molecular formula is C30H39N3O6. The Morgan fingerprint density at radius 2 is 1.77 bits per heavy atom. The number of fused-ring (bicyclic) bond motifs is 1. The van der Waals surface area contributed by atoms with Crippen molar-refractivity contribution in [1.82, 2.24) is 15.1 Å². The number of amides is 2. The van der Waals surface area contributed by atoms with Crippen molar-refractivity contribution in [1.29, 1.82) is 0 Å². The van der Waals surface area contributed by atoms with Crippen LogP contribution in [0.25, 0.3) is 0 Å². The van der Waals surface area contributed by atoms with Crippen LogP contribution in [0.3, 0.4) is 0 Å². The fourth-order valence-corrected chi connectivity index (χ4v) is 5.24. The number of likely N-dealkylation sites (tertiary alicyclic amines) is 1. The van der Waals surface area contributed by atoms with Gasteiger partial charge in [-0.15, -0.1) is 0 Å². The maximum absolute atomic E-state index is 13.0. The molecule has 0 radical (unpaired) electrons. The van der Waals surface area contributed by atoms with Gasteiger partial charge in [0.2, 0.25) is 5.91 Å².